The molecule has 1 aliphatic rings. The topological polar surface area (TPSA) is 57.6 Å². The Morgan fingerprint density at radius 1 is 1.29 bits per heavy atom. The van der Waals surface area contributed by atoms with E-state index in [4.69, 9.17) is 5.11 Å². The Hall–Kier alpha value is -2.10. The van der Waals surface area contributed by atoms with E-state index in [9.17, 15) is 9.59 Å². The van der Waals surface area contributed by atoms with Gasteiger partial charge in [-0.25, -0.2) is 0 Å². The van der Waals surface area contributed by atoms with E-state index in [0.29, 0.717) is 0 Å². The second-order valence-corrected chi connectivity index (χ2v) is 5.57. The zero-order chi connectivity index (χ0) is 15.6. The van der Waals surface area contributed by atoms with Crippen molar-refractivity contribution in [3.8, 4) is 0 Å². The molecule has 4 nitrogen and oxygen atoms in total. The first-order valence-electron chi connectivity index (χ1n) is 7.18. The van der Waals surface area contributed by atoms with Gasteiger partial charge in [0.05, 0.1) is 5.69 Å². The number of carboxylic acid groups (broad SMARTS) is 1. The van der Waals surface area contributed by atoms with Crippen LogP contribution in [-0.2, 0) is 9.59 Å². The SMILES string of the molecule is CC(=O)N(CC(=O)O)c1c(C)ccc(C)c1C1C=CCC1. The summed E-state index contributed by atoms with van der Waals surface area (Å²) in [6, 6.07) is 3.99. The van der Waals surface area contributed by atoms with Crippen LogP contribution in [0.25, 0.3) is 0 Å². The quantitative estimate of drug-likeness (QED) is 0.865. The van der Waals surface area contributed by atoms with E-state index in [0.717, 1.165) is 35.2 Å². The molecule has 0 aromatic heterocycles. The second-order valence-electron chi connectivity index (χ2n) is 5.57. The van der Waals surface area contributed by atoms with Gasteiger partial charge in [-0.1, -0.05) is 24.3 Å². The number of aliphatic carboxylic acids is 1. The van der Waals surface area contributed by atoms with Crippen LogP contribution in [0.3, 0.4) is 0 Å². The molecule has 0 bridgehead atoms. The minimum Gasteiger partial charge on any atom is -0.480 e. The lowest BCUT2D eigenvalue weighted by Gasteiger charge is -2.28. The summed E-state index contributed by atoms with van der Waals surface area (Å²) in [5.74, 6) is -0.983. The van der Waals surface area contributed by atoms with Gasteiger partial charge in [0.15, 0.2) is 0 Å². The van der Waals surface area contributed by atoms with Crippen molar-refractivity contribution in [2.75, 3.05) is 11.4 Å². The summed E-state index contributed by atoms with van der Waals surface area (Å²) in [7, 11) is 0. The highest BCUT2D eigenvalue weighted by atomic mass is 16.4. The van der Waals surface area contributed by atoms with Crippen LogP contribution in [0.15, 0.2) is 24.3 Å². The number of rotatable bonds is 4. The lowest BCUT2D eigenvalue weighted by Crippen LogP contribution is -2.35. The Labute approximate surface area is 125 Å². The largest absolute Gasteiger partial charge is 0.480 e. The fourth-order valence-corrected chi connectivity index (χ4v) is 3.00. The maximum absolute atomic E-state index is 12.0. The van der Waals surface area contributed by atoms with Gasteiger partial charge in [-0.05, 0) is 43.4 Å². The average Bonchev–Trinajstić information content (AvgIpc) is 2.92. The molecule has 0 spiro atoms. The van der Waals surface area contributed by atoms with E-state index in [1.807, 2.05) is 26.0 Å². The van der Waals surface area contributed by atoms with Crippen molar-refractivity contribution in [2.45, 2.75) is 39.5 Å². The molecule has 0 heterocycles. The fourth-order valence-electron chi connectivity index (χ4n) is 3.00. The van der Waals surface area contributed by atoms with Crippen molar-refractivity contribution in [2.24, 2.45) is 0 Å². The molecule has 1 N–H and O–H groups in total. The molecule has 21 heavy (non-hydrogen) atoms. The van der Waals surface area contributed by atoms with Crippen LogP contribution in [0.1, 0.15) is 42.4 Å². The van der Waals surface area contributed by atoms with Crippen molar-refractivity contribution in [3.63, 3.8) is 0 Å². The summed E-state index contributed by atoms with van der Waals surface area (Å²) in [6.45, 7) is 5.06. The van der Waals surface area contributed by atoms with E-state index in [2.05, 4.69) is 12.2 Å². The van der Waals surface area contributed by atoms with Gasteiger partial charge in [0.1, 0.15) is 6.54 Å². The molecule has 1 aliphatic carbocycles. The smallest absolute Gasteiger partial charge is 0.323 e. The van der Waals surface area contributed by atoms with Gasteiger partial charge >= 0.3 is 5.97 Å². The van der Waals surface area contributed by atoms with Gasteiger partial charge in [-0.2, -0.15) is 0 Å². The second kappa shape index (κ2) is 6.12. The van der Waals surface area contributed by atoms with Gasteiger partial charge in [-0.15, -0.1) is 0 Å². The van der Waals surface area contributed by atoms with E-state index in [-0.39, 0.29) is 18.4 Å². The Morgan fingerprint density at radius 2 is 1.95 bits per heavy atom. The zero-order valence-corrected chi connectivity index (χ0v) is 12.7. The Balaban J connectivity index is 2.59. The summed E-state index contributed by atoms with van der Waals surface area (Å²) in [5.41, 5.74) is 3.89. The monoisotopic (exact) mass is 287 g/mol. The molecule has 0 fully saturated rings. The summed E-state index contributed by atoms with van der Waals surface area (Å²) in [5, 5.41) is 9.10. The number of amides is 1. The van der Waals surface area contributed by atoms with Crippen LogP contribution in [0.5, 0.6) is 0 Å². The van der Waals surface area contributed by atoms with E-state index in [1.54, 1.807) is 0 Å². The van der Waals surface area contributed by atoms with Crippen LogP contribution in [-0.4, -0.2) is 23.5 Å². The predicted molar refractivity (Wildman–Crippen MR) is 82.7 cm³/mol. The first kappa shape index (κ1) is 15.3. The minimum absolute atomic E-state index is 0.241. The number of nitrogens with zero attached hydrogens (tertiary/aromatic N) is 1. The number of anilines is 1. The molecule has 1 unspecified atom stereocenters. The maximum atomic E-state index is 12.0. The summed E-state index contributed by atoms with van der Waals surface area (Å²) in [6.07, 6.45) is 6.34. The molecule has 1 aromatic rings. The number of carbonyl (C=O) groups is 2. The van der Waals surface area contributed by atoms with Crippen LogP contribution in [0.2, 0.25) is 0 Å². The fraction of sp³-hybridized carbons (Fsp3) is 0.412. The van der Waals surface area contributed by atoms with Crippen molar-refractivity contribution in [1.82, 2.24) is 0 Å². The van der Waals surface area contributed by atoms with Crippen molar-refractivity contribution in [3.05, 3.63) is 41.0 Å². The lowest BCUT2D eigenvalue weighted by molar-refractivity contribution is -0.136. The predicted octanol–water partition coefficient (Wildman–Crippen LogP) is 3.17. The van der Waals surface area contributed by atoms with Crippen LogP contribution in [0, 0.1) is 13.8 Å². The highest BCUT2D eigenvalue weighted by molar-refractivity contribution is 5.97. The number of aryl methyl sites for hydroxylation is 2. The summed E-state index contributed by atoms with van der Waals surface area (Å²) in [4.78, 5) is 24.4. The summed E-state index contributed by atoms with van der Waals surface area (Å²) < 4.78 is 0. The molecule has 1 atom stereocenters. The highest BCUT2D eigenvalue weighted by Gasteiger charge is 2.25. The van der Waals surface area contributed by atoms with Gasteiger partial charge < -0.3 is 10.0 Å². The first-order chi connectivity index (χ1) is 9.91. The minimum atomic E-state index is -1.00. The molecule has 2 rings (SSSR count). The number of hydrogen-bond donors (Lipinski definition) is 1. The molecular formula is C17H21NO3. The highest BCUT2D eigenvalue weighted by Crippen LogP contribution is 2.39. The van der Waals surface area contributed by atoms with Crippen LogP contribution >= 0.6 is 0 Å². The number of hydrogen-bond acceptors (Lipinski definition) is 2. The third-order valence-corrected chi connectivity index (χ3v) is 3.96. The maximum Gasteiger partial charge on any atom is 0.323 e. The van der Waals surface area contributed by atoms with Gasteiger partial charge in [0.25, 0.3) is 0 Å². The molecular weight excluding hydrogens is 266 g/mol. The Bertz CT molecular complexity index is 604. The standard InChI is InChI=1S/C17H21NO3/c1-11-8-9-12(2)17(16(11)14-6-4-5-7-14)18(13(3)19)10-15(20)21/h4,6,8-9,14H,5,7,10H2,1-3H3,(H,20,21). The number of benzene rings is 1. The van der Waals surface area contributed by atoms with E-state index < -0.39 is 5.97 Å². The molecule has 0 aliphatic heterocycles. The number of carboxylic acids is 1. The van der Waals surface area contributed by atoms with E-state index >= 15 is 0 Å². The third-order valence-electron chi connectivity index (χ3n) is 3.96. The van der Waals surface area contributed by atoms with Crippen LogP contribution < -0.4 is 4.90 Å². The average molecular weight is 287 g/mol. The normalized spacial score (nSPS) is 17.0. The molecule has 1 aromatic carbocycles. The van der Waals surface area contributed by atoms with Gasteiger partial charge in [0, 0.05) is 12.8 Å². The van der Waals surface area contributed by atoms with Gasteiger partial charge in [-0.3, -0.25) is 9.59 Å². The number of carbonyl (C=O) groups excluding carboxylic acids is 1. The molecule has 0 saturated carbocycles. The number of allylic oxidation sites excluding steroid dienone is 2. The zero-order valence-electron chi connectivity index (χ0n) is 12.7. The van der Waals surface area contributed by atoms with E-state index in [1.165, 1.54) is 11.8 Å². The molecule has 112 valence electrons. The molecule has 1 amide bonds. The van der Waals surface area contributed by atoms with Crippen molar-refractivity contribution in [1.29, 1.82) is 0 Å². The van der Waals surface area contributed by atoms with Crippen LogP contribution in [0.4, 0.5) is 5.69 Å². The van der Waals surface area contributed by atoms with Crippen molar-refractivity contribution < 1.29 is 14.7 Å². The van der Waals surface area contributed by atoms with Crippen molar-refractivity contribution >= 4 is 17.6 Å². The molecule has 0 radical (unpaired) electrons. The third kappa shape index (κ3) is 3.15. The summed E-state index contributed by atoms with van der Waals surface area (Å²) >= 11 is 0. The Morgan fingerprint density at radius 3 is 2.48 bits per heavy atom. The lowest BCUT2D eigenvalue weighted by atomic mass is 9.90. The first-order valence-corrected chi connectivity index (χ1v) is 7.18. The molecule has 4 heteroatoms. The Kier molecular flexibility index (Phi) is 4.46. The van der Waals surface area contributed by atoms with Gasteiger partial charge in [0.2, 0.25) is 5.91 Å². The molecule has 0 saturated heterocycles.